The van der Waals surface area contributed by atoms with E-state index in [0.717, 1.165) is 12.7 Å². The average molecular weight is 286 g/mol. The summed E-state index contributed by atoms with van der Waals surface area (Å²) in [6, 6.07) is 6.78. The summed E-state index contributed by atoms with van der Waals surface area (Å²) in [4.78, 5) is 11.5. The fraction of sp³-hybridized carbons (Fsp3) is 0.650. The van der Waals surface area contributed by atoms with Crippen LogP contribution in [0.15, 0.2) is 18.2 Å². The lowest BCUT2D eigenvalue weighted by atomic mass is 9.62. The van der Waals surface area contributed by atoms with Gasteiger partial charge in [0.25, 0.3) is 0 Å². The first-order valence-corrected chi connectivity index (χ1v) is 8.27. The molecule has 1 heteroatoms. The molecule has 1 aliphatic carbocycles. The molecule has 0 radical (unpaired) electrons. The molecule has 1 aromatic carbocycles. The van der Waals surface area contributed by atoms with Crippen molar-refractivity contribution in [2.24, 2.45) is 5.92 Å². The van der Waals surface area contributed by atoms with E-state index in [2.05, 4.69) is 59.7 Å². The third-order valence-corrected chi connectivity index (χ3v) is 5.19. The highest BCUT2D eigenvalue weighted by atomic mass is 16.1. The highest BCUT2D eigenvalue weighted by molar-refractivity contribution is 5.63. The molecule has 2 rings (SSSR count). The normalized spacial score (nSPS) is 20.9. The molecule has 0 amide bonds. The van der Waals surface area contributed by atoms with Crippen LogP contribution in [-0.2, 0) is 15.6 Å². The first-order valence-electron chi connectivity index (χ1n) is 8.27. The maximum atomic E-state index is 11.5. The van der Waals surface area contributed by atoms with Crippen LogP contribution >= 0.6 is 0 Å². The summed E-state index contributed by atoms with van der Waals surface area (Å²) >= 11 is 0. The average Bonchev–Trinajstić information content (AvgIpc) is 2.41. The highest BCUT2D eigenvalue weighted by Gasteiger charge is 2.37. The zero-order valence-electron chi connectivity index (χ0n) is 14.5. The van der Waals surface area contributed by atoms with Crippen molar-refractivity contribution in [3.63, 3.8) is 0 Å². The first-order chi connectivity index (χ1) is 9.67. The SMILES string of the molecule is CC(C)CC(C=O)c1ccc2c(c1)C(C)(C)CCC2(C)C. The van der Waals surface area contributed by atoms with Crippen LogP contribution in [0.3, 0.4) is 0 Å². The predicted octanol–water partition coefficient (Wildman–Crippen LogP) is 5.36. The summed E-state index contributed by atoms with van der Waals surface area (Å²) in [5.74, 6) is 0.580. The van der Waals surface area contributed by atoms with Gasteiger partial charge in [0.15, 0.2) is 0 Å². The van der Waals surface area contributed by atoms with E-state index in [1.807, 2.05) is 0 Å². The van der Waals surface area contributed by atoms with Crippen molar-refractivity contribution in [3.8, 4) is 0 Å². The van der Waals surface area contributed by atoms with E-state index in [1.165, 1.54) is 29.5 Å². The van der Waals surface area contributed by atoms with Gasteiger partial charge >= 0.3 is 0 Å². The quantitative estimate of drug-likeness (QED) is 0.681. The van der Waals surface area contributed by atoms with E-state index in [1.54, 1.807) is 0 Å². The topological polar surface area (TPSA) is 17.1 Å². The van der Waals surface area contributed by atoms with Gasteiger partial charge in [-0.2, -0.15) is 0 Å². The Bertz CT molecular complexity index is 523. The van der Waals surface area contributed by atoms with Gasteiger partial charge in [0.2, 0.25) is 0 Å². The zero-order valence-corrected chi connectivity index (χ0v) is 14.5. The van der Waals surface area contributed by atoms with Crippen LogP contribution in [0.25, 0.3) is 0 Å². The van der Waals surface area contributed by atoms with E-state index in [0.29, 0.717) is 5.92 Å². The summed E-state index contributed by atoms with van der Waals surface area (Å²) in [5, 5.41) is 0. The number of carbonyl (C=O) groups is 1. The second-order valence-electron chi connectivity index (χ2n) is 8.44. The van der Waals surface area contributed by atoms with Crippen LogP contribution in [0, 0.1) is 5.92 Å². The summed E-state index contributed by atoms with van der Waals surface area (Å²) in [6.07, 6.45) is 4.51. The molecule has 1 atom stereocenters. The van der Waals surface area contributed by atoms with Gasteiger partial charge in [-0.05, 0) is 52.7 Å². The van der Waals surface area contributed by atoms with Crippen molar-refractivity contribution in [2.45, 2.75) is 77.6 Å². The van der Waals surface area contributed by atoms with Gasteiger partial charge < -0.3 is 4.79 Å². The van der Waals surface area contributed by atoms with E-state index in [9.17, 15) is 4.79 Å². The summed E-state index contributed by atoms with van der Waals surface area (Å²) in [7, 11) is 0. The fourth-order valence-corrected chi connectivity index (χ4v) is 3.62. The molecule has 1 aliphatic rings. The molecule has 0 N–H and O–H groups in total. The minimum absolute atomic E-state index is 0.0381. The lowest BCUT2D eigenvalue weighted by molar-refractivity contribution is -0.109. The van der Waals surface area contributed by atoms with E-state index >= 15 is 0 Å². The van der Waals surface area contributed by atoms with Crippen LogP contribution in [0.5, 0.6) is 0 Å². The van der Waals surface area contributed by atoms with Crippen LogP contribution in [-0.4, -0.2) is 6.29 Å². The number of carbonyl (C=O) groups excluding carboxylic acids is 1. The van der Waals surface area contributed by atoms with Crippen molar-refractivity contribution in [3.05, 3.63) is 34.9 Å². The Morgan fingerprint density at radius 2 is 1.62 bits per heavy atom. The minimum atomic E-state index is 0.0381. The molecule has 0 heterocycles. The van der Waals surface area contributed by atoms with Crippen molar-refractivity contribution >= 4 is 6.29 Å². The molecule has 116 valence electrons. The van der Waals surface area contributed by atoms with Gasteiger partial charge in [-0.25, -0.2) is 0 Å². The Hall–Kier alpha value is -1.11. The molecule has 1 unspecified atom stereocenters. The van der Waals surface area contributed by atoms with Crippen molar-refractivity contribution in [1.29, 1.82) is 0 Å². The van der Waals surface area contributed by atoms with Crippen molar-refractivity contribution < 1.29 is 4.79 Å². The number of hydrogen-bond donors (Lipinski definition) is 0. The second-order valence-corrected chi connectivity index (χ2v) is 8.44. The molecule has 0 saturated carbocycles. The number of aldehydes is 1. The van der Waals surface area contributed by atoms with E-state index in [4.69, 9.17) is 0 Å². The smallest absolute Gasteiger partial charge is 0.127 e. The Morgan fingerprint density at radius 1 is 1.05 bits per heavy atom. The molecule has 0 bridgehead atoms. The summed E-state index contributed by atoms with van der Waals surface area (Å²) in [5.41, 5.74) is 4.58. The van der Waals surface area contributed by atoms with Gasteiger partial charge in [0, 0.05) is 5.92 Å². The maximum absolute atomic E-state index is 11.5. The van der Waals surface area contributed by atoms with Crippen LogP contribution < -0.4 is 0 Å². The van der Waals surface area contributed by atoms with Crippen LogP contribution in [0.4, 0.5) is 0 Å². The van der Waals surface area contributed by atoms with E-state index < -0.39 is 0 Å². The largest absolute Gasteiger partial charge is 0.303 e. The fourth-order valence-electron chi connectivity index (χ4n) is 3.62. The third-order valence-electron chi connectivity index (χ3n) is 5.19. The van der Waals surface area contributed by atoms with Gasteiger partial charge in [-0.1, -0.05) is 59.7 Å². The number of hydrogen-bond acceptors (Lipinski definition) is 1. The standard InChI is InChI=1S/C20H30O/c1-14(2)11-16(13-21)15-7-8-17-18(12-15)20(5,6)10-9-19(17,3)4/h7-8,12-14,16H,9-11H2,1-6H3. The van der Waals surface area contributed by atoms with Crippen molar-refractivity contribution in [1.82, 2.24) is 0 Å². The molecule has 1 aromatic rings. The molecule has 0 spiro atoms. The Balaban J connectivity index is 2.48. The third kappa shape index (κ3) is 3.22. The second kappa shape index (κ2) is 5.59. The number of fused-ring (bicyclic) bond motifs is 1. The Kier molecular flexibility index (Phi) is 4.33. The lowest BCUT2D eigenvalue weighted by Crippen LogP contribution is -2.34. The Labute approximate surface area is 130 Å². The number of rotatable bonds is 4. The minimum Gasteiger partial charge on any atom is -0.303 e. The van der Waals surface area contributed by atoms with Gasteiger partial charge in [0.1, 0.15) is 6.29 Å². The number of benzene rings is 1. The molecule has 1 nitrogen and oxygen atoms in total. The molecular weight excluding hydrogens is 256 g/mol. The molecule has 0 aliphatic heterocycles. The summed E-state index contributed by atoms with van der Waals surface area (Å²) < 4.78 is 0. The monoisotopic (exact) mass is 286 g/mol. The first kappa shape index (κ1) is 16.3. The molecular formula is C20H30O. The van der Waals surface area contributed by atoms with Gasteiger partial charge in [-0.3, -0.25) is 0 Å². The van der Waals surface area contributed by atoms with Gasteiger partial charge in [-0.15, -0.1) is 0 Å². The molecule has 0 saturated heterocycles. The van der Waals surface area contributed by atoms with Gasteiger partial charge in [0.05, 0.1) is 0 Å². The van der Waals surface area contributed by atoms with E-state index in [-0.39, 0.29) is 16.7 Å². The van der Waals surface area contributed by atoms with Crippen LogP contribution in [0.1, 0.15) is 83.4 Å². The zero-order chi connectivity index (χ0) is 15.8. The maximum Gasteiger partial charge on any atom is 0.127 e. The van der Waals surface area contributed by atoms with Crippen LogP contribution in [0.2, 0.25) is 0 Å². The molecule has 21 heavy (non-hydrogen) atoms. The lowest BCUT2D eigenvalue weighted by Gasteiger charge is -2.42. The molecule has 0 aromatic heterocycles. The van der Waals surface area contributed by atoms with Crippen molar-refractivity contribution in [2.75, 3.05) is 0 Å². The summed E-state index contributed by atoms with van der Waals surface area (Å²) in [6.45, 7) is 13.7. The highest BCUT2D eigenvalue weighted by Crippen LogP contribution is 2.46. The Morgan fingerprint density at radius 3 is 2.14 bits per heavy atom. The predicted molar refractivity (Wildman–Crippen MR) is 90.0 cm³/mol. The molecule has 0 fully saturated rings.